The maximum Gasteiger partial charge on any atom is 0.262 e. The van der Waals surface area contributed by atoms with Crippen molar-refractivity contribution in [3.05, 3.63) is 36.7 Å². The topological polar surface area (TPSA) is 74.6 Å². The third kappa shape index (κ3) is 4.96. The molecule has 7 nitrogen and oxygen atoms in total. The molecule has 1 unspecified atom stereocenters. The van der Waals surface area contributed by atoms with Crippen LogP contribution in [0, 0.1) is 0 Å². The minimum Gasteiger partial charge on any atom is -0.493 e. The molecule has 1 amide bonds. The van der Waals surface area contributed by atoms with Gasteiger partial charge in [0.15, 0.2) is 18.1 Å². The van der Waals surface area contributed by atoms with E-state index in [0.717, 1.165) is 19.4 Å². The first-order valence-corrected chi connectivity index (χ1v) is 8.44. The number of hydrogen-bond donors (Lipinski definition) is 1. The van der Waals surface area contributed by atoms with Crippen molar-refractivity contribution in [3.8, 4) is 11.5 Å². The third-order valence-electron chi connectivity index (χ3n) is 4.01. The number of carbonyl (C=O) groups is 1. The summed E-state index contributed by atoms with van der Waals surface area (Å²) in [5.74, 6) is 0.875. The Hall–Kier alpha value is -2.54. The van der Waals surface area contributed by atoms with Crippen LogP contribution in [0.2, 0.25) is 0 Å². The highest BCUT2D eigenvalue weighted by Crippen LogP contribution is 2.25. The monoisotopic (exact) mass is 345 g/mol. The van der Waals surface area contributed by atoms with Crippen LogP contribution in [-0.4, -0.2) is 42.1 Å². The van der Waals surface area contributed by atoms with Crippen molar-refractivity contribution in [1.29, 1.82) is 0 Å². The highest BCUT2D eigenvalue weighted by atomic mass is 16.5. The Kier molecular flexibility index (Phi) is 5.90. The molecule has 7 heteroatoms. The number of hydrogen-bond acceptors (Lipinski definition) is 5. The van der Waals surface area contributed by atoms with Gasteiger partial charge in [-0.15, -0.1) is 0 Å². The summed E-state index contributed by atoms with van der Waals surface area (Å²) in [5, 5.41) is 7.05. The molecule has 2 heterocycles. The molecular formula is C18H23N3O4. The molecule has 1 aliphatic heterocycles. The van der Waals surface area contributed by atoms with Gasteiger partial charge in [-0.2, -0.15) is 5.10 Å². The summed E-state index contributed by atoms with van der Waals surface area (Å²) in [4.78, 5) is 12.0. The fraction of sp³-hybridized carbons (Fsp3) is 0.444. The van der Waals surface area contributed by atoms with E-state index in [4.69, 9.17) is 14.2 Å². The number of benzene rings is 1. The molecule has 1 fully saturated rings. The van der Waals surface area contributed by atoms with Gasteiger partial charge in [-0.05, 0) is 31.4 Å². The molecule has 2 aromatic rings. The van der Waals surface area contributed by atoms with Crippen LogP contribution < -0.4 is 14.8 Å². The van der Waals surface area contributed by atoms with Crippen LogP contribution >= 0.6 is 0 Å². The molecule has 1 aromatic heterocycles. The highest BCUT2D eigenvalue weighted by Gasteiger charge is 2.15. The van der Waals surface area contributed by atoms with E-state index in [0.29, 0.717) is 23.7 Å². The molecule has 3 rings (SSSR count). The Labute approximate surface area is 146 Å². The van der Waals surface area contributed by atoms with Crippen LogP contribution in [-0.2, 0) is 16.1 Å². The van der Waals surface area contributed by atoms with Gasteiger partial charge in [0.1, 0.15) is 0 Å². The molecule has 0 radical (unpaired) electrons. The van der Waals surface area contributed by atoms with Crippen LogP contribution in [0.15, 0.2) is 36.7 Å². The van der Waals surface area contributed by atoms with Crippen LogP contribution in [0.5, 0.6) is 11.5 Å². The number of methoxy groups -OCH3 is 1. The second-order valence-electron chi connectivity index (χ2n) is 5.93. The van der Waals surface area contributed by atoms with Crippen molar-refractivity contribution < 1.29 is 19.0 Å². The Balaban J connectivity index is 1.48. The molecule has 134 valence electrons. The molecule has 1 atom stereocenters. The van der Waals surface area contributed by atoms with E-state index in [1.165, 1.54) is 6.42 Å². The first-order chi connectivity index (χ1) is 12.2. The molecule has 0 aliphatic carbocycles. The molecular weight excluding hydrogens is 322 g/mol. The second-order valence-corrected chi connectivity index (χ2v) is 5.93. The first-order valence-electron chi connectivity index (χ1n) is 8.44. The van der Waals surface area contributed by atoms with E-state index < -0.39 is 0 Å². The molecule has 1 aliphatic rings. The summed E-state index contributed by atoms with van der Waals surface area (Å²) in [6.45, 7) is 1.42. The number of nitrogens with one attached hydrogen (secondary N) is 1. The Bertz CT molecular complexity index is 695. The zero-order valence-corrected chi connectivity index (χ0v) is 14.3. The second kappa shape index (κ2) is 8.53. The molecule has 0 saturated carbocycles. The van der Waals surface area contributed by atoms with Gasteiger partial charge in [-0.3, -0.25) is 9.48 Å². The van der Waals surface area contributed by atoms with Gasteiger partial charge in [-0.25, -0.2) is 0 Å². The van der Waals surface area contributed by atoms with Crippen LogP contribution in [0.25, 0.3) is 0 Å². The van der Waals surface area contributed by atoms with Crippen LogP contribution in [0.3, 0.4) is 0 Å². The van der Waals surface area contributed by atoms with E-state index in [2.05, 4.69) is 10.4 Å². The largest absolute Gasteiger partial charge is 0.493 e. The Morgan fingerprint density at radius 2 is 2.20 bits per heavy atom. The van der Waals surface area contributed by atoms with Gasteiger partial charge >= 0.3 is 0 Å². The SMILES string of the molecule is COc1ccccc1OCC(=O)Nc1cnn(CC2CCCCO2)c1. The van der Waals surface area contributed by atoms with Crippen LogP contribution in [0.4, 0.5) is 5.69 Å². The number of rotatable bonds is 7. The minimum atomic E-state index is -0.251. The van der Waals surface area contributed by atoms with Gasteiger partial charge < -0.3 is 19.5 Å². The predicted octanol–water partition coefficient (Wildman–Crippen LogP) is 2.48. The summed E-state index contributed by atoms with van der Waals surface area (Å²) >= 11 is 0. The number of para-hydroxylation sites is 2. The van der Waals surface area contributed by atoms with E-state index in [1.54, 1.807) is 36.3 Å². The molecule has 1 N–H and O–H groups in total. The quantitative estimate of drug-likeness (QED) is 0.834. The zero-order valence-electron chi connectivity index (χ0n) is 14.3. The summed E-state index contributed by atoms with van der Waals surface area (Å²) in [5.41, 5.74) is 0.643. The number of nitrogens with zero attached hydrogens (tertiary/aromatic N) is 2. The number of aromatic nitrogens is 2. The Morgan fingerprint density at radius 1 is 1.36 bits per heavy atom. The number of ether oxygens (including phenoxy) is 3. The highest BCUT2D eigenvalue weighted by molar-refractivity contribution is 5.91. The normalized spacial score (nSPS) is 17.1. The van der Waals surface area contributed by atoms with Gasteiger partial charge in [0.2, 0.25) is 0 Å². The first kappa shape index (κ1) is 17.3. The molecule has 0 spiro atoms. The lowest BCUT2D eigenvalue weighted by molar-refractivity contribution is -0.118. The van der Waals surface area contributed by atoms with Gasteiger partial charge in [-0.1, -0.05) is 12.1 Å². The minimum absolute atomic E-state index is 0.0999. The smallest absolute Gasteiger partial charge is 0.262 e. The maximum atomic E-state index is 12.0. The van der Waals surface area contributed by atoms with Gasteiger partial charge in [0.25, 0.3) is 5.91 Å². The van der Waals surface area contributed by atoms with Crippen molar-refractivity contribution in [1.82, 2.24) is 9.78 Å². The van der Waals surface area contributed by atoms with Crippen molar-refractivity contribution in [3.63, 3.8) is 0 Å². The lowest BCUT2D eigenvalue weighted by atomic mass is 10.1. The average Bonchev–Trinajstić information content (AvgIpc) is 3.07. The summed E-state index contributed by atoms with van der Waals surface area (Å²) in [6.07, 6.45) is 7.00. The van der Waals surface area contributed by atoms with Gasteiger partial charge in [0, 0.05) is 12.8 Å². The van der Waals surface area contributed by atoms with Gasteiger partial charge in [0.05, 0.1) is 31.6 Å². The predicted molar refractivity (Wildman–Crippen MR) is 92.9 cm³/mol. The van der Waals surface area contributed by atoms with Crippen molar-refractivity contribution in [2.45, 2.75) is 31.9 Å². The molecule has 0 bridgehead atoms. The summed E-state index contributed by atoms with van der Waals surface area (Å²) in [6, 6.07) is 7.21. The molecule has 25 heavy (non-hydrogen) atoms. The molecule has 1 saturated heterocycles. The van der Waals surface area contributed by atoms with E-state index >= 15 is 0 Å². The molecule has 1 aromatic carbocycles. The average molecular weight is 345 g/mol. The van der Waals surface area contributed by atoms with Crippen molar-refractivity contribution in [2.75, 3.05) is 25.6 Å². The lowest BCUT2D eigenvalue weighted by Gasteiger charge is -2.22. The number of anilines is 1. The van der Waals surface area contributed by atoms with E-state index in [9.17, 15) is 4.79 Å². The third-order valence-corrected chi connectivity index (χ3v) is 4.01. The fourth-order valence-corrected chi connectivity index (χ4v) is 2.77. The zero-order chi connectivity index (χ0) is 17.5. The fourth-order valence-electron chi connectivity index (χ4n) is 2.77. The van der Waals surface area contributed by atoms with E-state index in [-0.39, 0.29) is 18.6 Å². The van der Waals surface area contributed by atoms with Crippen molar-refractivity contribution in [2.24, 2.45) is 0 Å². The van der Waals surface area contributed by atoms with Crippen molar-refractivity contribution >= 4 is 11.6 Å². The van der Waals surface area contributed by atoms with Crippen LogP contribution in [0.1, 0.15) is 19.3 Å². The number of carbonyl (C=O) groups excluding carboxylic acids is 1. The standard InChI is InChI=1S/C18H23N3O4/c1-23-16-7-2-3-8-17(16)25-13-18(22)20-14-10-19-21(11-14)12-15-6-4-5-9-24-15/h2-3,7-8,10-11,15H,4-6,9,12-13H2,1H3,(H,20,22). The lowest BCUT2D eigenvalue weighted by Crippen LogP contribution is -2.24. The Morgan fingerprint density at radius 3 is 2.96 bits per heavy atom. The van der Waals surface area contributed by atoms with E-state index in [1.807, 2.05) is 12.1 Å². The maximum absolute atomic E-state index is 12.0. The number of amides is 1. The summed E-state index contributed by atoms with van der Waals surface area (Å²) in [7, 11) is 1.56. The summed E-state index contributed by atoms with van der Waals surface area (Å²) < 4.78 is 18.2.